The van der Waals surface area contributed by atoms with Crippen molar-refractivity contribution in [3.05, 3.63) is 16.4 Å². The molecule has 0 spiro atoms. The van der Waals surface area contributed by atoms with Gasteiger partial charge in [0.1, 0.15) is 5.92 Å². The second-order valence-electron chi connectivity index (χ2n) is 4.60. The second-order valence-corrected chi connectivity index (χ2v) is 4.60. The lowest BCUT2D eigenvalue weighted by Crippen LogP contribution is -2.44. The summed E-state index contributed by atoms with van der Waals surface area (Å²) in [5.74, 6) is -1.63. The molecule has 1 aliphatic heterocycles. The first-order valence-electron chi connectivity index (χ1n) is 6.20. The van der Waals surface area contributed by atoms with Crippen molar-refractivity contribution >= 4 is 17.6 Å². The fraction of sp³-hybridized carbons (Fsp3) is 0.636. The molecule has 1 saturated heterocycles. The summed E-state index contributed by atoms with van der Waals surface area (Å²) in [4.78, 5) is 27.2. The molecule has 110 valence electrons. The average molecular weight is 284 g/mol. The monoisotopic (exact) mass is 284 g/mol. The summed E-state index contributed by atoms with van der Waals surface area (Å²) in [7, 11) is 1.64. The first kappa shape index (κ1) is 14.3. The van der Waals surface area contributed by atoms with E-state index in [4.69, 9.17) is 4.74 Å². The first-order chi connectivity index (χ1) is 9.47. The zero-order valence-corrected chi connectivity index (χ0v) is 11.2. The minimum atomic E-state index is -0.962. The zero-order chi connectivity index (χ0) is 14.9. The SMILES string of the molecule is CCN(c1c([N+](=O)[O-])ncn1C)C1COCC1C(=O)O. The van der Waals surface area contributed by atoms with Crippen LogP contribution in [-0.2, 0) is 16.6 Å². The third-order valence-corrected chi connectivity index (χ3v) is 3.44. The highest BCUT2D eigenvalue weighted by Gasteiger charge is 2.40. The van der Waals surface area contributed by atoms with Crippen LogP contribution < -0.4 is 4.90 Å². The fourth-order valence-corrected chi connectivity index (χ4v) is 2.50. The molecule has 0 amide bonds. The van der Waals surface area contributed by atoms with E-state index in [1.54, 1.807) is 11.9 Å². The molecule has 0 bridgehead atoms. The van der Waals surface area contributed by atoms with Crippen LogP contribution in [0.25, 0.3) is 0 Å². The summed E-state index contributed by atoms with van der Waals surface area (Å²) in [6, 6.07) is -0.438. The van der Waals surface area contributed by atoms with Crippen LogP contribution in [-0.4, -0.2) is 51.4 Å². The van der Waals surface area contributed by atoms with Crippen LogP contribution >= 0.6 is 0 Å². The van der Waals surface area contributed by atoms with Gasteiger partial charge in [0.2, 0.25) is 12.1 Å². The molecule has 0 aromatic carbocycles. The van der Waals surface area contributed by atoms with Gasteiger partial charge in [-0.25, -0.2) is 0 Å². The Bertz CT molecular complexity index is 529. The summed E-state index contributed by atoms with van der Waals surface area (Å²) < 4.78 is 6.76. The molecule has 1 N–H and O–H groups in total. The minimum absolute atomic E-state index is 0.113. The number of carboxylic acids is 1. The highest BCUT2D eigenvalue weighted by molar-refractivity contribution is 5.73. The van der Waals surface area contributed by atoms with Crippen LogP contribution in [0.5, 0.6) is 0 Å². The normalized spacial score (nSPS) is 21.9. The van der Waals surface area contributed by atoms with Gasteiger partial charge in [-0.15, -0.1) is 0 Å². The third kappa shape index (κ3) is 2.31. The van der Waals surface area contributed by atoms with E-state index in [0.717, 1.165) is 0 Å². The van der Waals surface area contributed by atoms with E-state index >= 15 is 0 Å². The number of carboxylic acid groups (broad SMARTS) is 1. The Labute approximate surface area is 114 Å². The van der Waals surface area contributed by atoms with Gasteiger partial charge in [0.15, 0.2) is 0 Å². The van der Waals surface area contributed by atoms with E-state index in [1.165, 1.54) is 10.9 Å². The fourth-order valence-electron chi connectivity index (χ4n) is 2.50. The molecule has 2 unspecified atom stereocenters. The number of likely N-dealkylation sites (N-methyl/N-ethyl adjacent to an activating group) is 1. The second kappa shape index (κ2) is 5.45. The van der Waals surface area contributed by atoms with Crippen LogP contribution in [0.15, 0.2) is 6.33 Å². The van der Waals surface area contributed by atoms with Gasteiger partial charge >= 0.3 is 11.8 Å². The van der Waals surface area contributed by atoms with Crippen molar-refractivity contribution in [1.82, 2.24) is 9.55 Å². The number of hydrogen-bond acceptors (Lipinski definition) is 6. The van der Waals surface area contributed by atoms with E-state index in [1.807, 2.05) is 6.92 Å². The van der Waals surface area contributed by atoms with Crippen LogP contribution in [0.4, 0.5) is 11.6 Å². The van der Waals surface area contributed by atoms with E-state index in [-0.39, 0.29) is 19.0 Å². The van der Waals surface area contributed by atoms with Crippen molar-refractivity contribution in [1.29, 1.82) is 0 Å². The Kier molecular flexibility index (Phi) is 3.89. The Morgan fingerprint density at radius 1 is 1.70 bits per heavy atom. The summed E-state index contributed by atoms with van der Waals surface area (Å²) in [6.07, 6.45) is 1.35. The van der Waals surface area contributed by atoms with Gasteiger partial charge in [0.05, 0.1) is 19.3 Å². The number of imidazole rings is 1. The van der Waals surface area contributed by atoms with Crippen molar-refractivity contribution < 1.29 is 19.6 Å². The number of anilines is 1. The van der Waals surface area contributed by atoms with Crippen molar-refractivity contribution in [3.63, 3.8) is 0 Å². The predicted molar refractivity (Wildman–Crippen MR) is 68.6 cm³/mol. The van der Waals surface area contributed by atoms with Crippen LogP contribution in [0.1, 0.15) is 6.92 Å². The number of carbonyl (C=O) groups is 1. The zero-order valence-electron chi connectivity index (χ0n) is 11.2. The van der Waals surface area contributed by atoms with Gasteiger partial charge < -0.3 is 24.9 Å². The maximum absolute atomic E-state index is 11.2. The molecule has 2 atom stereocenters. The average Bonchev–Trinajstić information content (AvgIpc) is 2.99. The Balaban J connectivity index is 2.40. The minimum Gasteiger partial charge on any atom is -0.481 e. The molecular formula is C11H16N4O5. The van der Waals surface area contributed by atoms with Crippen molar-refractivity contribution in [2.45, 2.75) is 13.0 Å². The molecule has 20 heavy (non-hydrogen) atoms. The van der Waals surface area contributed by atoms with Gasteiger partial charge in [-0.05, 0) is 16.8 Å². The van der Waals surface area contributed by atoms with Crippen molar-refractivity contribution in [3.8, 4) is 0 Å². The van der Waals surface area contributed by atoms with Crippen LogP contribution in [0, 0.1) is 16.0 Å². The van der Waals surface area contributed by atoms with Gasteiger partial charge in [0.25, 0.3) is 0 Å². The molecule has 9 nitrogen and oxygen atoms in total. The van der Waals surface area contributed by atoms with Gasteiger partial charge in [0, 0.05) is 13.6 Å². The molecule has 2 rings (SSSR count). The van der Waals surface area contributed by atoms with Crippen molar-refractivity contribution in [2.75, 3.05) is 24.7 Å². The Hall–Kier alpha value is -2.16. The lowest BCUT2D eigenvalue weighted by molar-refractivity contribution is -0.388. The smallest absolute Gasteiger partial charge is 0.406 e. The lowest BCUT2D eigenvalue weighted by Gasteiger charge is -2.30. The predicted octanol–water partition coefficient (Wildman–Crippen LogP) is 0.254. The maximum atomic E-state index is 11.2. The topological polar surface area (TPSA) is 111 Å². The van der Waals surface area contributed by atoms with Gasteiger partial charge in [-0.1, -0.05) is 0 Å². The Morgan fingerprint density at radius 3 is 2.95 bits per heavy atom. The molecular weight excluding hydrogens is 268 g/mol. The van der Waals surface area contributed by atoms with Gasteiger partial charge in [-0.3, -0.25) is 9.36 Å². The molecule has 1 fully saturated rings. The summed E-state index contributed by atoms with van der Waals surface area (Å²) in [5, 5.41) is 20.3. The van der Waals surface area contributed by atoms with Crippen molar-refractivity contribution in [2.24, 2.45) is 13.0 Å². The van der Waals surface area contributed by atoms with E-state index in [9.17, 15) is 20.0 Å². The van der Waals surface area contributed by atoms with E-state index in [2.05, 4.69) is 4.98 Å². The molecule has 9 heteroatoms. The molecule has 1 aliphatic rings. The molecule has 1 aromatic heterocycles. The van der Waals surface area contributed by atoms with E-state index in [0.29, 0.717) is 12.4 Å². The number of hydrogen-bond donors (Lipinski definition) is 1. The van der Waals surface area contributed by atoms with Crippen LogP contribution in [0.2, 0.25) is 0 Å². The Morgan fingerprint density at radius 2 is 2.40 bits per heavy atom. The number of ether oxygens (including phenoxy) is 1. The van der Waals surface area contributed by atoms with Gasteiger partial charge in [-0.2, -0.15) is 0 Å². The van der Waals surface area contributed by atoms with Crippen LogP contribution in [0.3, 0.4) is 0 Å². The number of nitro groups is 1. The summed E-state index contributed by atoms with van der Waals surface area (Å²) in [6.45, 7) is 2.58. The van der Waals surface area contributed by atoms with E-state index < -0.39 is 22.9 Å². The standard InChI is InChI=1S/C11H16N4O5/c1-3-14(8-5-20-4-7(8)11(16)17)10-9(15(18)19)12-6-13(10)2/h6-8H,3-5H2,1-2H3,(H,16,17). The number of rotatable bonds is 5. The molecule has 2 heterocycles. The molecule has 0 radical (unpaired) electrons. The molecule has 0 aliphatic carbocycles. The quantitative estimate of drug-likeness (QED) is 0.609. The first-order valence-corrected chi connectivity index (χ1v) is 6.20. The highest BCUT2D eigenvalue weighted by Crippen LogP contribution is 2.31. The maximum Gasteiger partial charge on any atom is 0.406 e. The third-order valence-electron chi connectivity index (χ3n) is 3.44. The number of aliphatic carboxylic acids is 1. The highest BCUT2D eigenvalue weighted by atomic mass is 16.6. The number of aromatic nitrogens is 2. The summed E-state index contributed by atoms with van der Waals surface area (Å²) in [5.41, 5.74) is 0. The molecule has 0 saturated carbocycles. The largest absolute Gasteiger partial charge is 0.481 e. The summed E-state index contributed by atoms with van der Waals surface area (Å²) >= 11 is 0. The number of nitrogens with zero attached hydrogens (tertiary/aromatic N) is 4. The number of aryl methyl sites for hydroxylation is 1. The lowest BCUT2D eigenvalue weighted by atomic mass is 10.0. The molecule has 1 aromatic rings.